The van der Waals surface area contributed by atoms with Crippen molar-refractivity contribution in [1.29, 1.82) is 0 Å². The van der Waals surface area contributed by atoms with Crippen LogP contribution in [0.2, 0.25) is 0 Å². The number of pyridine rings is 1. The lowest BCUT2D eigenvalue weighted by molar-refractivity contribution is 0.584. The van der Waals surface area contributed by atoms with Crippen molar-refractivity contribution in [3.63, 3.8) is 0 Å². The molecule has 0 spiro atoms. The summed E-state index contributed by atoms with van der Waals surface area (Å²) >= 11 is 0. The molecule has 2 rings (SSSR count). The van der Waals surface area contributed by atoms with E-state index in [9.17, 15) is 8.78 Å². The van der Waals surface area contributed by atoms with Crippen molar-refractivity contribution >= 4 is 5.69 Å². The summed E-state index contributed by atoms with van der Waals surface area (Å²) in [4.78, 5) is 3.49. The number of anilines is 1. The van der Waals surface area contributed by atoms with Gasteiger partial charge in [0.25, 0.3) is 0 Å². The Labute approximate surface area is 85.4 Å². The van der Waals surface area contributed by atoms with Crippen molar-refractivity contribution < 1.29 is 8.78 Å². The monoisotopic (exact) mass is 206 g/mol. The van der Waals surface area contributed by atoms with E-state index >= 15 is 0 Å². The van der Waals surface area contributed by atoms with Crippen LogP contribution >= 0.6 is 0 Å². The molecule has 0 amide bonds. The molecule has 2 N–H and O–H groups in total. The molecule has 0 unspecified atom stereocenters. The van der Waals surface area contributed by atoms with Crippen LogP contribution in [0.25, 0.3) is 11.1 Å². The van der Waals surface area contributed by atoms with Gasteiger partial charge in [-0.2, -0.15) is 4.39 Å². The Kier molecular flexibility index (Phi) is 2.33. The maximum Gasteiger partial charge on any atom is 0.212 e. The summed E-state index contributed by atoms with van der Waals surface area (Å²) < 4.78 is 25.7. The predicted molar refractivity (Wildman–Crippen MR) is 54.0 cm³/mol. The highest BCUT2D eigenvalue weighted by Crippen LogP contribution is 2.22. The van der Waals surface area contributed by atoms with Gasteiger partial charge in [0.05, 0.1) is 5.69 Å². The van der Waals surface area contributed by atoms with Gasteiger partial charge in [0, 0.05) is 11.8 Å². The molecule has 0 radical (unpaired) electrons. The Bertz CT molecular complexity index is 480. The molecule has 2 aromatic rings. The van der Waals surface area contributed by atoms with Crippen LogP contribution in [-0.2, 0) is 0 Å². The van der Waals surface area contributed by atoms with Crippen molar-refractivity contribution in [2.45, 2.75) is 0 Å². The first-order valence-corrected chi connectivity index (χ1v) is 4.34. The van der Waals surface area contributed by atoms with Gasteiger partial charge in [0.1, 0.15) is 5.82 Å². The van der Waals surface area contributed by atoms with Crippen LogP contribution in [-0.4, -0.2) is 4.98 Å². The van der Waals surface area contributed by atoms with Crippen LogP contribution in [0.4, 0.5) is 14.5 Å². The average molecular weight is 206 g/mol. The van der Waals surface area contributed by atoms with E-state index in [4.69, 9.17) is 5.73 Å². The number of benzene rings is 1. The Morgan fingerprint density at radius 2 is 1.73 bits per heavy atom. The van der Waals surface area contributed by atoms with Gasteiger partial charge in [-0.15, -0.1) is 0 Å². The van der Waals surface area contributed by atoms with Crippen LogP contribution in [0.3, 0.4) is 0 Å². The molecule has 76 valence electrons. The van der Waals surface area contributed by atoms with Gasteiger partial charge in [-0.25, -0.2) is 9.37 Å². The van der Waals surface area contributed by atoms with E-state index in [2.05, 4.69) is 4.98 Å². The fourth-order valence-electron chi connectivity index (χ4n) is 1.25. The number of hydrogen-bond acceptors (Lipinski definition) is 2. The van der Waals surface area contributed by atoms with Crippen molar-refractivity contribution in [2.75, 3.05) is 5.73 Å². The maximum absolute atomic E-state index is 13.1. The molecule has 1 aromatic carbocycles. The molecule has 0 aliphatic rings. The zero-order valence-electron chi connectivity index (χ0n) is 7.74. The number of aromatic nitrogens is 1. The summed E-state index contributed by atoms with van der Waals surface area (Å²) in [5.74, 6) is -1.05. The molecule has 0 aliphatic carbocycles. The summed E-state index contributed by atoms with van der Waals surface area (Å²) in [7, 11) is 0. The van der Waals surface area contributed by atoms with E-state index in [0.29, 0.717) is 11.1 Å². The topological polar surface area (TPSA) is 38.9 Å². The van der Waals surface area contributed by atoms with Crippen LogP contribution in [0.5, 0.6) is 0 Å². The van der Waals surface area contributed by atoms with Crippen molar-refractivity contribution in [3.8, 4) is 11.1 Å². The summed E-state index contributed by atoms with van der Waals surface area (Å²) in [6.07, 6.45) is 1.35. The molecule has 15 heavy (non-hydrogen) atoms. The first kappa shape index (κ1) is 9.58. The Morgan fingerprint density at radius 3 is 2.33 bits per heavy atom. The Hall–Kier alpha value is -1.97. The standard InChI is InChI=1S/C11H8F2N2/c12-9-5-7(1-3-10(9)14)8-2-4-11(13)15-6-8/h1-6H,14H2. The average Bonchev–Trinajstić information content (AvgIpc) is 2.23. The highest BCUT2D eigenvalue weighted by atomic mass is 19.1. The highest BCUT2D eigenvalue weighted by molar-refractivity contribution is 5.64. The SMILES string of the molecule is Nc1ccc(-c2ccc(F)nc2)cc1F. The Balaban J connectivity index is 2.45. The van der Waals surface area contributed by atoms with Crippen LogP contribution in [0.15, 0.2) is 36.5 Å². The van der Waals surface area contributed by atoms with Crippen molar-refractivity contribution in [3.05, 3.63) is 48.3 Å². The van der Waals surface area contributed by atoms with E-state index in [1.54, 1.807) is 6.07 Å². The number of halogens is 2. The van der Waals surface area contributed by atoms with E-state index in [0.717, 1.165) is 0 Å². The smallest absolute Gasteiger partial charge is 0.212 e. The molecule has 1 heterocycles. The third-order valence-corrected chi connectivity index (χ3v) is 2.06. The molecule has 1 aromatic heterocycles. The maximum atomic E-state index is 13.1. The van der Waals surface area contributed by atoms with Gasteiger partial charge >= 0.3 is 0 Å². The van der Waals surface area contributed by atoms with Crippen molar-refractivity contribution in [2.24, 2.45) is 0 Å². The van der Waals surface area contributed by atoms with Crippen LogP contribution < -0.4 is 5.73 Å². The minimum atomic E-state index is -0.560. The van der Waals surface area contributed by atoms with Crippen LogP contribution in [0.1, 0.15) is 0 Å². The number of nitrogen functional groups attached to an aromatic ring is 1. The summed E-state index contributed by atoms with van der Waals surface area (Å²) in [5, 5.41) is 0. The minimum absolute atomic E-state index is 0.0915. The van der Waals surface area contributed by atoms with Crippen molar-refractivity contribution in [1.82, 2.24) is 4.98 Å². The first-order chi connectivity index (χ1) is 7.16. The quantitative estimate of drug-likeness (QED) is 0.575. The second-order valence-corrected chi connectivity index (χ2v) is 3.11. The second-order valence-electron chi connectivity index (χ2n) is 3.11. The largest absolute Gasteiger partial charge is 0.396 e. The fraction of sp³-hybridized carbons (Fsp3) is 0. The van der Waals surface area contributed by atoms with Gasteiger partial charge in [-0.3, -0.25) is 0 Å². The van der Waals surface area contributed by atoms with E-state index in [1.807, 2.05) is 0 Å². The third-order valence-electron chi connectivity index (χ3n) is 2.06. The zero-order valence-corrected chi connectivity index (χ0v) is 7.74. The molecule has 4 heteroatoms. The molecule has 2 nitrogen and oxygen atoms in total. The molecule has 0 bridgehead atoms. The number of nitrogens with zero attached hydrogens (tertiary/aromatic N) is 1. The van der Waals surface area contributed by atoms with Crippen LogP contribution in [0, 0.1) is 11.8 Å². The molecular weight excluding hydrogens is 198 g/mol. The normalized spacial score (nSPS) is 10.3. The molecule has 0 aliphatic heterocycles. The zero-order chi connectivity index (χ0) is 10.8. The summed E-state index contributed by atoms with van der Waals surface area (Å²) in [5.41, 5.74) is 6.70. The third kappa shape index (κ3) is 1.93. The van der Waals surface area contributed by atoms with Gasteiger partial charge in [0.15, 0.2) is 0 Å². The van der Waals surface area contributed by atoms with E-state index < -0.39 is 11.8 Å². The first-order valence-electron chi connectivity index (χ1n) is 4.34. The lowest BCUT2D eigenvalue weighted by Crippen LogP contribution is -1.91. The highest BCUT2D eigenvalue weighted by Gasteiger charge is 2.02. The second kappa shape index (κ2) is 3.65. The minimum Gasteiger partial charge on any atom is -0.396 e. The van der Waals surface area contributed by atoms with Gasteiger partial charge < -0.3 is 5.73 Å². The number of hydrogen-bond donors (Lipinski definition) is 1. The molecular formula is C11H8F2N2. The molecule has 0 saturated carbocycles. The van der Waals surface area contributed by atoms with Gasteiger partial charge in [-0.05, 0) is 29.8 Å². The fourth-order valence-corrected chi connectivity index (χ4v) is 1.25. The number of rotatable bonds is 1. The summed E-state index contributed by atoms with van der Waals surface area (Å²) in [6, 6.07) is 7.18. The predicted octanol–water partition coefficient (Wildman–Crippen LogP) is 2.61. The van der Waals surface area contributed by atoms with Gasteiger partial charge in [-0.1, -0.05) is 6.07 Å². The van der Waals surface area contributed by atoms with E-state index in [1.165, 1.54) is 30.5 Å². The lowest BCUT2D eigenvalue weighted by atomic mass is 10.1. The lowest BCUT2D eigenvalue weighted by Gasteiger charge is -2.02. The van der Waals surface area contributed by atoms with E-state index in [-0.39, 0.29) is 5.69 Å². The summed E-state index contributed by atoms with van der Waals surface area (Å²) in [6.45, 7) is 0. The Morgan fingerprint density at radius 1 is 1.00 bits per heavy atom. The number of nitrogens with two attached hydrogens (primary N) is 1. The van der Waals surface area contributed by atoms with Gasteiger partial charge in [0.2, 0.25) is 5.95 Å². The molecule has 0 fully saturated rings. The molecule has 0 atom stereocenters. The molecule has 0 saturated heterocycles.